The maximum Gasteiger partial charge on any atom is 0.330 e. The number of ether oxygens (including phenoxy) is 2. The molecule has 0 aliphatic heterocycles. The van der Waals surface area contributed by atoms with Gasteiger partial charge in [-0.3, -0.25) is 0 Å². The third-order valence-electron chi connectivity index (χ3n) is 2.59. The first kappa shape index (κ1) is 14.4. The Kier molecular flexibility index (Phi) is 8.32. The van der Waals surface area contributed by atoms with Crippen LogP contribution in [-0.4, -0.2) is 34.2 Å². The average molecular weight is 230 g/mol. The fourth-order valence-corrected chi connectivity index (χ4v) is 4.32. The molecule has 0 saturated carbocycles. The van der Waals surface area contributed by atoms with E-state index < -0.39 is 8.80 Å². The van der Waals surface area contributed by atoms with Crippen molar-refractivity contribution in [3.05, 3.63) is 12.7 Å². The molecule has 0 bridgehead atoms. The lowest BCUT2D eigenvalue weighted by molar-refractivity contribution is -0.137. The summed E-state index contributed by atoms with van der Waals surface area (Å²) in [5.74, 6) is -0.329. The molecule has 0 aromatic heterocycles. The Hall–Kier alpha value is -0.613. The zero-order valence-electron chi connectivity index (χ0n) is 9.99. The van der Waals surface area contributed by atoms with Crippen LogP contribution in [0.3, 0.4) is 0 Å². The number of carbonyl (C=O) groups excluding carboxylic acids is 1. The fourth-order valence-electron chi connectivity index (χ4n) is 1.55. The first-order chi connectivity index (χ1) is 7.15. The summed E-state index contributed by atoms with van der Waals surface area (Å²) in [5.41, 5.74) is 0.354. The molecule has 0 amide bonds. The minimum atomic E-state index is -0.932. The molecular weight excluding hydrogens is 208 g/mol. The van der Waals surface area contributed by atoms with Gasteiger partial charge in [-0.15, -0.1) is 0 Å². The van der Waals surface area contributed by atoms with Crippen LogP contribution in [0.25, 0.3) is 0 Å². The van der Waals surface area contributed by atoms with Crippen LogP contribution in [0.4, 0.5) is 0 Å². The van der Waals surface area contributed by atoms with Gasteiger partial charge in [0.2, 0.25) is 0 Å². The predicted octanol–water partition coefficient (Wildman–Crippen LogP) is 1.93. The number of hydrogen-bond acceptors (Lipinski definition) is 3. The van der Waals surface area contributed by atoms with Gasteiger partial charge in [-0.25, -0.2) is 4.79 Å². The first-order valence-electron chi connectivity index (χ1n) is 5.47. The minimum absolute atomic E-state index is 0.329. The zero-order chi connectivity index (χ0) is 11.7. The summed E-state index contributed by atoms with van der Waals surface area (Å²) < 4.78 is 10.3. The summed E-state index contributed by atoms with van der Waals surface area (Å²) in [5, 5.41) is 0. The number of methoxy groups -OCH3 is 1. The Morgan fingerprint density at radius 2 is 2.20 bits per heavy atom. The molecular formula is C11H22O3Si. The molecule has 2 atom stereocenters. The Morgan fingerprint density at radius 1 is 1.53 bits per heavy atom. The number of esters is 1. The van der Waals surface area contributed by atoms with Crippen molar-refractivity contribution in [3.8, 4) is 0 Å². The minimum Gasteiger partial charge on any atom is -0.463 e. The van der Waals surface area contributed by atoms with Gasteiger partial charge >= 0.3 is 5.97 Å². The van der Waals surface area contributed by atoms with E-state index in [0.29, 0.717) is 12.3 Å². The standard InChI is InChI=1S/C11H22O3Si/c1-5-8-15(10(3)13-4)9-7-14-11(12)6-2/h6,10,15H,2,5,7-9H2,1,3-4H3. The van der Waals surface area contributed by atoms with Gasteiger partial charge in [0.25, 0.3) is 0 Å². The lowest BCUT2D eigenvalue weighted by Gasteiger charge is -2.20. The average Bonchev–Trinajstić information content (AvgIpc) is 2.26. The number of rotatable bonds is 8. The maximum absolute atomic E-state index is 10.8. The molecule has 4 heteroatoms. The molecule has 0 aliphatic rings. The van der Waals surface area contributed by atoms with Gasteiger partial charge in [-0.2, -0.15) is 0 Å². The molecule has 0 aromatic carbocycles. The van der Waals surface area contributed by atoms with Crippen LogP contribution in [-0.2, 0) is 14.3 Å². The summed E-state index contributed by atoms with van der Waals surface area (Å²) in [6, 6.07) is 2.23. The van der Waals surface area contributed by atoms with Gasteiger partial charge in [0, 0.05) is 18.9 Å². The second-order valence-electron chi connectivity index (χ2n) is 3.65. The van der Waals surface area contributed by atoms with E-state index in [1.807, 2.05) is 0 Å². The highest BCUT2D eigenvalue weighted by Gasteiger charge is 2.18. The third kappa shape index (κ3) is 6.46. The van der Waals surface area contributed by atoms with Crippen LogP contribution in [0.5, 0.6) is 0 Å². The molecule has 15 heavy (non-hydrogen) atoms. The number of hydrogen-bond donors (Lipinski definition) is 0. The number of carbonyl (C=O) groups is 1. The molecule has 0 aliphatic carbocycles. The normalized spacial score (nSPS) is 14.3. The van der Waals surface area contributed by atoms with Gasteiger partial charge in [-0.05, 0) is 13.0 Å². The van der Waals surface area contributed by atoms with Crippen LogP contribution in [0.2, 0.25) is 12.1 Å². The van der Waals surface area contributed by atoms with Gasteiger partial charge in [0.1, 0.15) is 0 Å². The highest BCUT2D eigenvalue weighted by atomic mass is 28.3. The monoisotopic (exact) mass is 230 g/mol. The molecule has 0 rings (SSSR count). The molecule has 0 aromatic rings. The first-order valence-corrected chi connectivity index (χ1v) is 7.77. The Bertz CT molecular complexity index is 194. The molecule has 0 spiro atoms. The summed E-state index contributed by atoms with van der Waals surface area (Å²) in [6.07, 6.45) is 2.39. The van der Waals surface area contributed by atoms with Crippen molar-refractivity contribution in [2.75, 3.05) is 13.7 Å². The fraction of sp³-hybridized carbons (Fsp3) is 0.727. The SMILES string of the molecule is C=CC(=O)OCC[SiH](CCC)C(C)OC. The maximum atomic E-state index is 10.8. The van der Waals surface area contributed by atoms with Gasteiger partial charge in [0.15, 0.2) is 0 Å². The van der Waals surface area contributed by atoms with Gasteiger partial charge < -0.3 is 9.47 Å². The van der Waals surface area contributed by atoms with Crippen LogP contribution < -0.4 is 0 Å². The lowest BCUT2D eigenvalue weighted by Crippen LogP contribution is -2.31. The van der Waals surface area contributed by atoms with E-state index in [2.05, 4.69) is 20.4 Å². The van der Waals surface area contributed by atoms with E-state index >= 15 is 0 Å². The molecule has 0 radical (unpaired) electrons. The van der Waals surface area contributed by atoms with Crippen molar-refractivity contribution in [1.29, 1.82) is 0 Å². The lowest BCUT2D eigenvalue weighted by atomic mass is 10.6. The van der Waals surface area contributed by atoms with Crippen molar-refractivity contribution < 1.29 is 14.3 Å². The Morgan fingerprint density at radius 3 is 2.67 bits per heavy atom. The van der Waals surface area contributed by atoms with E-state index in [9.17, 15) is 4.79 Å². The van der Waals surface area contributed by atoms with Crippen molar-refractivity contribution in [2.45, 2.75) is 38.1 Å². The third-order valence-corrected chi connectivity index (χ3v) is 6.49. The van der Waals surface area contributed by atoms with E-state index in [1.54, 1.807) is 7.11 Å². The van der Waals surface area contributed by atoms with Crippen molar-refractivity contribution in [3.63, 3.8) is 0 Å². The predicted molar refractivity (Wildman–Crippen MR) is 64.7 cm³/mol. The molecule has 0 N–H and O–H groups in total. The van der Waals surface area contributed by atoms with Crippen LogP contribution in [0, 0.1) is 0 Å². The molecule has 88 valence electrons. The molecule has 2 unspecified atom stereocenters. The molecule has 0 fully saturated rings. The largest absolute Gasteiger partial charge is 0.463 e. The van der Waals surface area contributed by atoms with Crippen molar-refractivity contribution in [2.24, 2.45) is 0 Å². The van der Waals surface area contributed by atoms with E-state index in [0.717, 1.165) is 6.04 Å². The van der Waals surface area contributed by atoms with E-state index in [1.165, 1.54) is 18.5 Å². The summed E-state index contributed by atoms with van der Waals surface area (Å²) in [4.78, 5) is 10.8. The smallest absolute Gasteiger partial charge is 0.330 e. The second-order valence-corrected chi connectivity index (χ2v) is 7.26. The molecule has 0 heterocycles. The van der Waals surface area contributed by atoms with Crippen LogP contribution >= 0.6 is 0 Å². The van der Waals surface area contributed by atoms with Gasteiger partial charge in [-0.1, -0.05) is 26.0 Å². The molecule has 0 saturated heterocycles. The van der Waals surface area contributed by atoms with Crippen molar-refractivity contribution in [1.82, 2.24) is 0 Å². The van der Waals surface area contributed by atoms with Crippen LogP contribution in [0.15, 0.2) is 12.7 Å². The summed E-state index contributed by atoms with van der Waals surface area (Å²) in [7, 11) is 0.815. The summed E-state index contributed by atoms with van der Waals surface area (Å²) >= 11 is 0. The van der Waals surface area contributed by atoms with E-state index in [-0.39, 0.29) is 5.97 Å². The topological polar surface area (TPSA) is 35.5 Å². The Labute approximate surface area is 94.1 Å². The zero-order valence-corrected chi connectivity index (χ0v) is 11.1. The van der Waals surface area contributed by atoms with Crippen LogP contribution in [0.1, 0.15) is 20.3 Å². The summed E-state index contributed by atoms with van der Waals surface area (Å²) in [6.45, 7) is 8.16. The quantitative estimate of drug-likeness (QED) is 0.363. The molecule has 3 nitrogen and oxygen atoms in total. The second kappa shape index (κ2) is 8.68. The highest BCUT2D eigenvalue weighted by Crippen LogP contribution is 2.10. The van der Waals surface area contributed by atoms with Crippen molar-refractivity contribution >= 4 is 14.8 Å². The Balaban J connectivity index is 3.84. The van der Waals surface area contributed by atoms with E-state index in [4.69, 9.17) is 9.47 Å². The van der Waals surface area contributed by atoms with Gasteiger partial charge in [0.05, 0.1) is 15.4 Å². The highest BCUT2D eigenvalue weighted by molar-refractivity contribution is 6.60.